The number of β-amino-alcohol motifs (C(OH)–C–C–N with tert-alkyl or cyclic N) is 2. The Hall–Kier alpha value is -3.21. The van der Waals surface area contributed by atoms with Crippen molar-refractivity contribution in [3.63, 3.8) is 0 Å². The van der Waals surface area contributed by atoms with Crippen LogP contribution in [0.1, 0.15) is 5.56 Å². The summed E-state index contributed by atoms with van der Waals surface area (Å²) >= 11 is 0. The van der Waals surface area contributed by atoms with Crippen LogP contribution in [0.2, 0.25) is 0 Å². The summed E-state index contributed by atoms with van der Waals surface area (Å²) in [6.07, 6.45) is -1.84. The Bertz CT molecular complexity index is 1090. The van der Waals surface area contributed by atoms with Crippen LogP contribution < -0.4 is 9.64 Å². The van der Waals surface area contributed by atoms with Crippen molar-refractivity contribution in [2.45, 2.75) is 12.2 Å². The number of benzene rings is 2. The molecule has 1 fully saturated rings. The molecule has 2 aromatic carbocycles. The van der Waals surface area contributed by atoms with Crippen molar-refractivity contribution < 1.29 is 19.3 Å². The molecule has 1 aliphatic heterocycles. The molecule has 1 saturated heterocycles. The molecule has 1 aromatic heterocycles. The number of methoxy groups -OCH3 is 1. The van der Waals surface area contributed by atoms with Crippen molar-refractivity contribution in [1.29, 1.82) is 5.26 Å². The second-order valence-electron chi connectivity index (χ2n) is 6.73. The van der Waals surface area contributed by atoms with Gasteiger partial charge in [-0.1, -0.05) is 12.1 Å². The lowest BCUT2D eigenvalue weighted by Gasteiger charge is -2.21. The van der Waals surface area contributed by atoms with Gasteiger partial charge < -0.3 is 19.8 Å². The number of hydrogen-bond donors (Lipinski definition) is 2. The fourth-order valence-electron chi connectivity index (χ4n) is 3.58. The smallest absolute Gasteiger partial charge is 0.148 e. The maximum Gasteiger partial charge on any atom is 0.148 e. The molecule has 28 heavy (non-hydrogen) atoms. The summed E-state index contributed by atoms with van der Waals surface area (Å²) in [5.41, 5.74) is 1.94. The van der Waals surface area contributed by atoms with Gasteiger partial charge in [0.05, 0.1) is 24.8 Å². The maximum absolute atomic E-state index is 13.9. The summed E-state index contributed by atoms with van der Waals surface area (Å²) in [5, 5.41) is 30.5. The molecule has 142 valence electrons. The highest BCUT2D eigenvalue weighted by Gasteiger charge is 2.33. The first kappa shape index (κ1) is 18.2. The van der Waals surface area contributed by atoms with Crippen LogP contribution in [-0.2, 0) is 0 Å². The van der Waals surface area contributed by atoms with Gasteiger partial charge in [0.25, 0.3) is 0 Å². The van der Waals surface area contributed by atoms with Crippen molar-refractivity contribution in [2.24, 2.45) is 0 Å². The summed E-state index contributed by atoms with van der Waals surface area (Å²) in [5.74, 6) is 0.536. The van der Waals surface area contributed by atoms with Crippen molar-refractivity contribution in [3.05, 3.63) is 53.8 Å². The minimum atomic E-state index is -0.919. The molecule has 1 aliphatic rings. The van der Waals surface area contributed by atoms with Gasteiger partial charge in [0.2, 0.25) is 0 Å². The normalized spacial score (nSPS) is 19.0. The molecular formula is C21H18FN3O3. The van der Waals surface area contributed by atoms with Crippen LogP contribution in [0, 0.1) is 17.1 Å². The van der Waals surface area contributed by atoms with E-state index in [1.807, 2.05) is 0 Å². The number of ether oxygens (including phenoxy) is 1. The van der Waals surface area contributed by atoms with Crippen LogP contribution in [0.5, 0.6) is 5.75 Å². The highest BCUT2D eigenvalue weighted by atomic mass is 19.1. The molecule has 2 N–H and O–H groups in total. The first-order chi connectivity index (χ1) is 13.5. The van der Waals surface area contributed by atoms with Crippen LogP contribution >= 0.6 is 0 Å². The SMILES string of the molecule is COc1ccc2nc(N3C[C@@H](O)[C@H](O)C3)c(C#N)c(-c3cccc(F)c3)c2c1. The van der Waals surface area contributed by atoms with E-state index in [1.165, 1.54) is 12.1 Å². The number of hydrogen-bond acceptors (Lipinski definition) is 6. The van der Waals surface area contributed by atoms with E-state index >= 15 is 0 Å². The molecule has 0 unspecified atom stereocenters. The molecule has 0 aliphatic carbocycles. The number of nitriles is 1. The first-order valence-corrected chi connectivity index (χ1v) is 8.80. The van der Waals surface area contributed by atoms with Crippen molar-refractivity contribution in [1.82, 2.24) is 4.98 Å². The fourth-order valence-corrected chi connectivity index (χ4v) is 3.58. The van der Waals surface area contributed by atoms with Gasteiger partial charge in [-0.25, -0.2) is 9.37 Å². The number of aromatic nitrogens is 1. The third-order valence-electron chi connectivity index (χ3n) is 4.96. The topological polar surface area (TPSA) is 89.6 Å². The summed E-state index contributed by atoms with van der Waals surface area (Å²) in [4.78, 5) is 6.29. The van der Waals surface area contributed by atoms with Crippen molar-refractivity contribution in [3.8, 4) is 22.9 Å². The summed E-state index contributed by atoms with van der Waals surface area (Å²) in [7, 11) is 1.54. The fraction of sp³-hybridized carbons (Fsp3) is 0.238. The Morgan fingerprint density at radius 2 is 1.93 bits per heavy atom. The number of nitrogens with zero attached hydrogens (tertiary/aromatic N) is 3. The van der Waals surface area contributed by atoms with Gasteiger partial charge in [-0.15, -0.1) is 0 Å². The van der Waals surface area contributed by atoms with Crippen LogP contribution in [-0.4, -0.2) is 47.6 Å². The van der Waals surface area contributed by atoms with E-state index < -0.39 is 18.0 Å². The molecule has 0 bridgehead atoms. The van der Waals surface area contributed by atoms with E-state index in [2.05, 4.69) is 11.1 Å². The molecule has 0 saturated carbocycles. The van der Waals surface area contributed by atoms with Crippen molar-refractivity contribution >= 4 is 16.7 Å². The van der Waals surface area contributed by atoms with E-state index in [1.54, 1.807) is 42.3 Å². The molecule has 0 radical (unpaired) electrons. The number of pyridine rings is 1. The molecule has 0 amide bonds. The van der Waals surface area contributed by atoms with Gasteiger partial charge in [-0.05, 0) is 35.9 Å². The number of aliphatic hydroxyl groups is 2. The van der Waals surface area contributed by atoms with E-state index in [4.69, 9.17) is 4.74 Å². The third kappa shape index (κ3) is 3.03. The molecule has 0 spiro atoms. The highest BCUT2D eigenvalue weighted by molar-refractivity contribution is 6.00. The number of anilines is 1. The Morgan fingerprint density at radius 1 is 1.18 bits per heavy atom. The minimum absolute atomic E-state index is 0.160. The van der Waals surface area contributed by atoms with E-state index in [9.17, 15) is 19.9 Å². The van der Waals surface area contributed by atoms with Gasteiger partial charge in [0.15, 0.2) is 0 Å². The van der Waals surface area contributed by atoms with E-state index in [0.717, 1.165) is 0 Å². The maximum atomic E-state index is 13.9. The minimum Gasteiger partial charge on any atom is -0.497 e. The molecule has 6 nitrogen and oxygen atoms in total. The van der Waals surface area contributed by atoms with Crippen LogP contribution in [0.15, 0.2) is 42.5 Å². The zero-order chi connectivity index (χ0) is 19.8. The highest BCUT2D eigenvalue weighted by Crippen LogP contribution is 2.38. The molecule has 2 heterocycles. The van der Waals surface area contributed by atoms with E-state index in [0.29, 0.717) is 33.6 Å². The lowest BCUT2D eigenvalue weighted by atomic mass is 9.95. The zero-order valence-corrected chi connectivity index (χ0v) is 15.1. The van der Waals surface area contributed by atoms with Crippen LogP contribution in [0.4, 0.5) is 10.2 Å². The lowest BCUT2D eigenvalue weighted by Crippen LogP contribution is -2.23. The molecule has 4 rings (SSSR count). The molecular weight excluding hydrogens is 361 g/mol. The van der Waals surface area contributed by atoms with Gasteiger partial charge in [-0.2, -0.15) is 5.26 Å². The van der Waals surface area contributed by atoms with Crippen molar-refractivity contribution in [2.75, 3.05) is 25.1 Å². The second-order valence-corrected chi connectivity index (χ2v) is 6.73. The predicted molar refractivity (Wildman–Crippen MR) is 103 cm³/mol. The average molecular weight is 379 g/mol. The molecule has 7 heteroatoms. The summed E-state index contributed by atoms with van der Waals surface area (Å²) in [6.45, 7) is 0.320. The van der Waals surface area contributed by atoms with Gasteiger partial charge in [-0.3, -0.25) is 0 Å². The Kier molecular flexibility index (Phi) is 4.59. The Labute approximate surface area is 161 Å². The number of fused-ring (bicyclic) bond motifs is 1. The van der Waals surface area contributed by atoms with Gasteiger partial charge >= 0.3 is 0 Å². The lowest BCUT2D eigenvalue weighted by molar-refractivity contribution is 0.0572. The second kappa shape index (κ2) is 7.08. The number of aliphatic hydroxyl groups excluding tert-OH is 2. The van der Waals surface area contributed by atoms with Gasteiger partial charge in [0.1, 0.15) is 29.0 Å². The van der Waals surface area contributed by atoms with Crippen LogP contribution in [0.3, 0.4) is 0 Å². The van der Waals surface area contributed by atoms with E-state index in [-0.39, 0.29) is 18.7 Å². The summed E-state index contributed by atoms with van der Waals surface area (Å²) < 4.78 is 19.2. The standard InChI is InChI=1S/C21H18FN3O3/c1-28-14-5-6-17-15(8-14)20(12-3-2-4-13(22)7-12)16(9-23)21(24-17)25-10-18(26)19(27)11-25/h2-8,18-19,26-27H,10-11H2,1H3/t18-,19-/m1/s1. The Morgan fingerprint density at radius 3 is 2.57 bits per heavy atom. The van der Waals surface area contributed by atoms with Crippen LogP contribution in [0.25, 0.3) is 22.0 Å². The number of halogens is 1. The first-order valence-electron chi connectivity index (χ1n) is 8.80. The largest absolute Gasteiger partial charge is 0.497 e. The monoisotopic (exact) mass is 379 g/mol. The molecule has 2 atom stereocenters. The molecule has 3 aromatic rings. The Balaban J connectivity index is 2.04. The average Bonchev–Trinajstić information content (AvgIpc) is 3.04. The predicted octanol–water partition coefficient (Wildman–Crippen LogP) is 2.46. The zero-order valence-electron chi connectivity index (χ0n) is 15.1. The third-order valence-corrected chi connectivity index (χ3v) is 4.96. The summed E-state index contributed by atoms with van der Waals surface area (Å²) in [6, 6.07) is 13.5. The number of rotatable bonds is 3. The van der Waals surface area contributed by atoms with Gasteiger partial charge in [0, 0.05) is 24.0 Å². The quantitative estimate of drug-likeness (QED) is 0.727.